The second-order valence-electron chi connectivity index (χ2n) is 7.66. The highest BCUT2D eigenvalue weighted by Gasteiger charge is 1.94. The SMILES string of the molecule is C=CC(=O)O.C=CC(=O)OCCCC.C=CC(=O)OCCCCCCCC.N#CC=CC=Cc1ccccc1. The van der Waals surface area contributed by atoms with Crippen molar-refractivity contribution >= 4 is 24.0 Å². The molecule has 0 aromatic heterocycles. The summed E-state index contributed by atoms with van der Waals surface area (Å²) in [6.07, 6.45) is 19.4. The van der Waals surface area contributed by atoms with Crippen molar-refractivity contribution < 1.29 is 29.0 Å². The highest BCUT2D eigenvalue weighted by Crippen LogP contribution is 2.05. The third kappa shape index (κ3) is 38.5. The fourth-order valence-electron chi connectivity index (χ4n) is 2.32. The van der Waals surface area contributed by atoms with Gasteiger partial charge in [0.2, 0.25) is 0 Å². The van der Waals surface area contributed by atoms with Crippen LogP contribution < -0.4 is 0 Å². The lowest BCUT2D eigenvalue weighted by atomic mass is 10.1. The number of ether oxygens (including phenoxy) is 2. The van der Waals surface area contributed by atoms with Crippen LogP contribution in [0.4, 0.5) is 0 Å². The minimum atomic E-state index is -0.981. The van der Waals surface area contributed by atoms with Crippen molar-refractivity contribution in [1.82, 2.24) is 0 Å². The van der Waals surface area contributed by atoms with Crippen molar-refractivity contribution in [2.24, 2.45) is 0 Å². The number of carboxylic acids is 1. The molecule has 0 atom stereocenters. The number of carbonyl (C=O) groups excluding carboxylic acids is 2. The van der Waals surface area contributed by atoms with Crippen LogP contribution in [-0.4, -0.2) is 36.2 Å². The predicted octanol–water partition coefficient (Wildman–Crippen LogP) is 7.63. The largest absolute Gasteiger partial charge is 0.478 e. The second-order valence-corrected chi connectivity index (χ2v) is 7.66. The van der Waals surface area contributed by atoms with Crippen molar-refractivity contribution in [2.75, 3.05) is 13.2 Å². The molecule has 1 N–H and O–H groups in total. The van der Waals surface area contributed by atoms with E-state index < -0.39 is 5.97 Å². The summed E-state index contributed by atoms with van der Waals surface area (Å²) in [5.74, 6) is -1.62. The summed E-state index contributed by atoms with van der Waals surface area (Å²) >= 11 is 0. The van der Waals surface area contributed by atoms with Crippen molar-refractivity contribution in [3.05, 3.63) is 92.1 Å². The highest BCUT2D eigenvalue weighted by molar-refractivity contribution is 5.81. The molecule has 0 unspecified atom stereocenters. The van der Waals surface area contributed by atoms with E-state index in [4.69, 9.17) is 15.1 Å². The minimum Gasteiger partial charge on any atom is -0.478 e. The van der Waals surface area contributed by atoms with E-state index in [9.17, 15) is 14.4 Å². The van der Waals surface area contributed by atoms with Gasteiger partial charge >= 0.3 is 17.9 Å². The third-order valence-corrected chi connectivity index (χ3v) is 4.36. The van der Waals surface area contributed by atoms with Gasteiger partial charge in [-0.2, -0.15) is 5.26 Å². The number of carbonyl (C=O) groups is 3. The molecule has 7 heteroatoms. The molecule has 214 valence electrons. The molecule has 7 nitrogen and oxygen atoms in total. The van der Waals surface area contributed by atoms with Gasteiger partial charge in [-0.05, 0) is 18.4 Å². The number of benzene rings is 1. The van der Waals surface area contributed by atoms with Gasteiger partial charge < -0.3 is 14.6 Å². The lowest BCUT2D eigenvalue weighted by Gasteiger charge is -2.01. The first-order valence-electron chi connectivity index (χ1n) is 13.0. The molecule has 0 aliphatic heterocycles. The highest BCUT2D eigenvalue weighted by atomic mass is 16.5. The normalized spacial score (nSPS) is 9.26. The Morgan fingerprint density at radius 2 is 1.28 bits per heavy atom. The van der Waals surface area contributed by atoms with Crippen LogP contribution in [0, 0.1) is 11.3 Å². The quantitative estimate of drug-likeness (QED) is 0.0801. The van der Waals surface area contributed by atoms with Crippen LogP contribution in [0.1, 0.15) is 70.8 Å². The first-order chi connectivity index (χ1) is 18.8. The molecule has 0 amide bonds. The zero-order valence-corrected chi connectivity index (χ0v) is 23.6. The molecule has 0 saturated carbocycles. The van der Waals surface area contributed by atoms with E-state index in [0.29, 0.717) is 13.2 Å². The number of hydrogen-bond donors (Lipinski definition) is 1. The Hall–Kier alpha value is -4.18. The summed E-state index contributed by atoms with van der Waals surface area (Å²) in [7, 11) is 0. The molecular weight excluding hydrogens is 494 g/mol. The lowest BCUT2D eigenvalue weighted by molar-refractivity contribution is -0.138. The van der Waals surface area contributed by atoms with E-state index in [0.717, 1.165) is 37.3 Å². The summed E-state index contributed by atoms with van der Waals surface area (Å²) < 4.78 is 9.52. The number of nitrogens with zero attached hydrogens (tertiary/aromatic N) is 1. The molecule has 1 rings (SSSR count). The van der Waals surface area contributed by atoms with Crippen LogP contribution in [0.25, 0.3) is 6.08 Å². The maximum absolute atomic E-state index is 10.6. The number of allylic oxidation sites excluding steroid dienone is 3. The number of carboxylic acid groups (broad SMARTS) is 1. The molecular formula is C32H45NO6. The molecule has 0 bridgehead atoms. The number of aliphatic carboxylic acids is 1. The third-order valence-electron chi connectivity index (χ3n) is 4.36. The van der Waals surface area contributed by atoms with Crippen LogP contribution in [0.2, 0.25) is 0 Å². The molecule has 39 heavy (non-hydrogen) atoms. The maximum atomic E-state index is 10.6. The van der Waals surface area contributed by atoms with E-state index in [1.165, 1.54) is 43.9 Å². The molecule has 0 saturated heterocycles. The smallest absolute Gasteiger partial charge is 0.330 e. The van der Waals surface area contributed by atoms with Gasteiger partial charge in [-0.25, -0.2) is 14.4 Å². The van der Waals surface area contributed by atoms with E-state index in [-0.39, 0.29) is 11.9 Å². The van der Waals surface area contributed by atoms with Gasteiger partial charge in [-0.15, -0.1) is 0 Å². The average molecular weight is 540 g/mol. The molecule has 0 aliphatic carbocycles. The van der Waals surface area contributed by atoms with Crippen LogP contribution in [-0.2, 0) is 23.9 Å². The van der Waals surface area contributed by atoms with Crippen molar-refractivity contribution in [3.8, 4) is 6.07 Å². The topological polar surface area (TPSA) is 114 Å². The van der Waals surface area contributed by atoms with Gasteiger partial charge in [0, 0.05) is 24.3 Å². The van der Waals surface area contributed by atoms with Crippen molar-refractivity contribution in [2.45, 2.75) is 65.2 Å². The standard InChI is InChI=1S/C11H9N.C11H20O2.C7H12O2.C3H4O2/c12-10-6-2-5-9-11-7-3-1-4-8-11;1-3-5-6-7-8-9-10-13-11(12)4-2;1-3-5-6-9-7(8)4-2;1-2-3(4)5/h1-9H;4H,2-3,5-10H2,1H3;4H,2-3,5-6H2,1H3;2H,1H2,(H,4,5). The second kappa shape index (κ2) is 33.8. The number of unbranched alkanes of at least 4 members (excludes halogenated alkanes) is 6. The van der Waals surface area contributed by atoms with Gasteiger partial charge in [0.25, 0.3) is 0 Å². The summed E-state index contributed by atoms with van der Waals surface area (Å²) in [4.78, 5) is 30.2. The summed E-state index contributed by atoms with van der Waals surface area (Å²) in [6, 6.07) is 11.9. The first kappa shape index (κ1) is 39.3. The zero-order valence-electron chi connectivity index (χ0n) is 23.6. The lowest BCUT2D eigenvalue weighted by Crippen LogP contribution is -2.01. The fourth-order valence-corrected chi connectivity index (χ4v) is 2.32. The van der Waals surface area contributed by atoms with Crippen LogP contribution in [0.5, 0.6) is 0 Å². The van der Waals surface area contributed by atoms with E-state index in [1.807, 2.05) is 55.5 Å². The molecule has 0 aliphatic rings. The number of rotatable bonds is 15. The van der Waals surface area contributed by atoms with Gasteiger partial charge in [0.15, 0.2) is 0 Å². The summed E-state index contributed by atoms with van der Waals surface area (Å²) in [5, 5.41) is 15.8. The van der Waals surface area contributed by atoms with Crippen molar-refractivity contribution in [3.63, 3.8) is 0 Å². The molecule has 0 heterocycles. The predicted molar refractivity (Wildman–Crippen MR) is 159 cm³/mol. The van der Waals surface area contributed by atoms with Gasteiger partial charge in [-0.1, -0.05) is 121 Å². The fraction of sp³-hybridized carbons (Fsp3) is 0.375. The summed E-state index contributed by atoms with van der Waals surface area (Å²) in [5.41, 5.74) is 1.14. The Morgan fingerprint density at radius 3 is 1.74 bits per heavy atom. The van der Waals surface area contributed by atoms with Crippen molar-refractivity contribution in [1.29, 1.82) is 5.26 Å². The number of hydrogen-bond acceptors (Lipinski definition) is 6. The van der Waals surface area contributed by atoms with E-state index >= 15 is 0 Å². The van der Waals surface area contributed by atoms with Crippen LogP contribution in [0.3, 0.4) is 0 Å². The Kier molecular flexibility index (Phi) is 34.1. The van der Waals surface area contributed by atoms with Gasteiger partial charge in [-0.3, -0.25) is 0 Å². The number of nitriles is 1. The molecule has 0 radical (unpaired) electrons. The van der Waals surface area contributed by atoms with E-state index in [1.54, 1.807) is 6.08 Å². The molecule has 0 fully saturated rings. The minimum absolute atomic E-state index is 0.312. The Labute approximate surface area is 234 Å². The van der Waals surface area contributed by atoms with Gasteiger partial charge in [0.1, 0.15) is 0 Å². The number of esters is 2. The first-order valence-corrected chi connectivity index (χ1v) is 13.0. The molecule has 1 aromatic rings. The average Bonchev–Trinajstić information content (AvgIpc) is 2.96. The van der Waals surface area contributed by atoms with Crippen LogP contribution >= 0.6 is 0 Å². The monoisotopic (exact) mass is 539 g/mol. The Morgan fingerprint density at radius 1 is 0.795 bits per heavy atom. The Bertz CT molecular complexity index is 882. The van der Waals surface area contributed by atoms with E-state index in [2.05, 4.69) is 31.4 Å². The summed E-state index contributed by atoms with van der Waals surface area (Å²) in [6.45, 7) is 14.8. The maximum Gasteiger partial charge on any atom is 0.330 e. The molecule has 1 aromatic carbocycles. The van der Waals surface area contributed by atoms with Gasteiger partial charge in [0.05, 0.1) is 19.3 Å². The molecule has 0 spiro atoms. The zero-order chi connectivity index (χ0) is 30.0. The Balaban J connectivity index is -0.000000465. The van der Waals surface area contributed by atoms with Crippen LogP contribution in [0.15, 0.2) is 86.5 Å².